The number of carbonyl (C=O) groups is 1. The van der Waals surface area contributed by atoms with E-state index in [0.717, 1.165) is 0 Å². The zero-order valence-corrected chi connectivity index (χ0v) is 13.5. The average Bonchev–Trinajstić information content (AvgIpc) is 2.55. The molecule has 114 valence electrons. The van der Waals surface area contributed by atoms with Crippen LogP contribution in [0.3, 0.4) is 0 Å². The number of thioether (sulfide) groups is 1. The number of pyridine rings is 1. The number of benzene rings is 1. The van der Waals surface area contributed by atoms with Gasteiger partial charge < -0.3 is 5.32 Å². The SMILES string of the molecule is Cc1nc(SC(C)C#N)c(C#N)cc1C(=O)Nc1ccccc1. The normalized spacial score (nSPS) is 11.1. The van der Waals surface area contributed by atoms with E-state index in [9.17, 15) is 10.1 Å². The van der Waals surface area contributed by atoms with E-state index in [1.54, 1.807) is 26.0 Å². The lowest BCUT2D eigenvalue weighted by Gasteiger charge is -2.11. The van der Waals surface area contributed by atoms with Crippen molar-refractivity contribution in [3.8, 4) is 12.1 Å². The van der Waals surface area contributed by atoms with Gasteiger partial charge in [-0.05, 0) is 32.0 Å². The number of para-hydroxylation sites is 1. The van der Waals surface area contributed by atoms with Crippen LogP contribution in [0, 0.1) is 29.6 Å². The molecule has 0 radical (unpaired) electrons. The van der Waals surface area contributed by atoms with Crippen LogP contribution in [0.25, 0.3) is 0 Å². The zero-order chi connectivity index (χ0) is 16.8. The van der Waals surface area contributed by atoms with Gasteiger partial charge in [-0.2, -0.15) is 10.5 Å². The molecule has 1 amide bonds. The standard InChI is InChI=1S/C17H14N4OS/c1-11(9-18)23-17-13(10-19)8-15(12(2)20-17)16(22)21-14-6-4-3-5-7-14/h3-8,11H,1-2H3,(H,21,22). The summed E-state index contributed by atoms with van der Waals surface area (Å²) in [5, 5.41) is 21.1. The number of aryl methyl sites for hydroxylation is 1. The van der Waals surface area contributed by atoms with E-state index in [4.69, 9.17) is 5.26 Å². The van der Waals surface area contributed by atoms with Crippen molar-refractivity contribution in [1.29, 1.82) is 10.5 Å². The van der Waals surface area contributed by atoms with Crippen molar-refractivity contribution >= 4 is 23.4 Å². The van der Waals surface area contributed by atoms with Gasteiger partial charge in [0, 0.05) is 5.69 Å². The minimum atomic E-state index is -0.321. The maximum atomic E-state index is 12.4. The van der Waals surface area contributed by atoms with Crippen molar-refractivity contribution < 1.29 is 4.79 Å². The molecular formula is C17H14N4OS. The fraction of sp³-hybridized carbons (Fsp3) is 0.176. The molecule has 2 rings (SSSR count). The van der Waals surface area contributed by atoms with E-state index in [-0.39, 0.29) is 11.2 Å². The summed E-state index contributed by atoms with van der Waals surface area (Å²) in [6.07, 6.45) is 0. The van der Waals surface area contributed by atoms with Crippen LogP contribution in [0.15, 0.2) is 41.4 Å². The van der Waals surface area contributed by atoms with Crippen LogP contribution in [0.4, 0.5) is 5.69 Å². The third kappa shape index (κ3) is 4.09. The number of amides is 1. The van der Waals surface area contributed by atoms with Crippen molar-refractivity contribution in [1.82, 2.24) is 4.98 Å². The fourth-order valence-electron chi connectivity index (χ4n) is 1.90. The summed E-state index contributed by atoms with van der Waals surface area (Å²) in [7, 11) is 0. The third-order valence-corrected chi connectivity index (χ3v) is 4.04. The Kier molecular flexibility index (Phi) is 5.35. The van der Waals surface area contributed by atoms with Gasteiger partial charge in [0.2, 0.25) is 0 Å². The molecule has 6 heteroatoms. The molecule has 0 bridgehead atoms. The molecule has 1 atom stereocenters. The molecular weight excluding hydrogens is 308 g/mol. The molecule has 2 aromatic rings. The van der Waals surface area contributed by atoms with Crippen molar-refractivity contribution in [2.45, 2.75) is 24.1 Å². The number of hydrogen-bond donors (Lipinski definition) is 1. The molecule has 0 fully saturated rings. The molecule has 0 saturated carbocycles. The van der Waals surface area contributed by atoms with Crippen LogP contribution in [-0.4, -0.2) is 16.1 Å². The van der Waals surface area contributed by atoms with Gasteiger partial charge in [0.25, 0.3) is 5.91 Å². The number of nitrogens with one attached hydrogen (secondary N) is 1. The lowest BCUT2D eigenvalue weighted by atomic mass is 10.1. The van der Waals surface area contributed by atoms with Crippen LogP contribution >= 0.6 is 11.8 Å². The van der Waals surface area contributed by atoms with Gasteiger partial charge in [0.05, 0.1) is 28.1 Å². The molecule has 1 N–H and O–H groups in total. The number of hydrogen-bond acceptors (Lipinski definition) is 5. The minimum absolute atomic E-state index is 0.293. The quantitative estimate of drug-likeness (QED) is 0.870. The Hall–Kier alpha value is -2.83. The van der Waals surface area contributed by atoms with Crippen LogP contribution < -0.4 is 5.32 Å². The van der Waals surface area contributed by atoms with Crippen molar-refractivity contribution in [2.75, 3.05) is 5.32 Å². The average molecular weight is 322 g/mol. The molecule has 0 spiro atoms. The van der Waals surface area contributed by atoms with Crippen LogP contribution in [0.2, 0.25) is 0 Å². The van der Waals surface area contributed by atoms with E-state index < -0.39 is 0 Å². The molecule has 1 heterocycles. The molecule has 23 heavy (non-hydrogen) atoms. The molecule has 0 aliphatic heterocycles. The summed E-state index contributed by atoms with van der Waals surface area (Å²) in [5.74, 6) is -0.317. The Bertz CT molecular complexity index is 806. The molecule has 0 saturated heterocycles. The molecule has 1 aromatic carbocycles. The fourth-order valence-corrected chi connectivity index (χ4v) is 2.71. The second-order valence-electron chi connectivity index (χ2n) is 4.80. The monoisotopic (exact) mass is 322 g/mol. The first-order valence-electron chi connectivity index (χ1n) is 6.89. The molecule has 1 aromatic heterocycles. The summed E-state index contributed by atoms with van der Waals surface area (Å²) in [6.45, 7) is 3.45. The van der Waals surface area contributed by atoms with Gasteiger partial charge in [0.1, 0.15) is 11.1 Å². The highest BCUT2D eigenvalue weighted by molar-refractivity contribution is 8.00. The Labute approximate surface area is 139 Å². The third-order valence-electron chi connectivity index (χ3n) is 3.05. The maximum Gasteiger partial charge on any atom is 0.257 e. The lowest BCUT2D eigenvalue weighted by molar-refractivity contribution is 0.102. The molecule has 5 nitrogen and oxygen atoms in total. The van der Waals surface area contributed by atoms with Gasteiger partial charge in [-0.1, -0.05) is 30.0 Å². The number of aromatic nitrogens is 1. The zero-order valence-electron chi connectivity index (χ0n) is 12.7. The highest BCUT2D eigenvalue weighted by Gasteiger charge is 2.17. The smallest absolute Gasteiger partial charge is 0.257 e. The Morgan fingerprint density at radius 2 is 2.00 bits per heavy atom. The summed E-state index contributed by atoms with van der Waals surface area (Å²) >= 11 is 1.21. The van der Waals surface area contributed by atoms with Crippen molar-refractivity contribution in [3.05, 3.63) is 53.2 Å². The second kappa shape index (κ2) is 7.44. The van der Waals surface area contributed by atoms with Gasteiger partial charge in [0.15, 0.2) is 0 Å². The summed E-state index contributed by atoms with van der Waals surface area (Å²) < 4.78 is 0. The van der Waals surface area contributed by atoms with E-state index in [2.05, 4.69) is 16.4 Å². The first-order valence-corrected chi connectivity index (χ1v) is 7.77. The van der Waals surface area contributed by atoms with E-state index >= 15 is 0 Å². The van der Waals surface area contributed by atoms with E-state index in [1.165, 1.54) is 17.8 Å². The van der Waals surface area contributed by atoms with E-state index in [0.29, 0.717) is 27.5 Å². The lowest BCUT2D eigenvalue weighted by Crippen LogP contribution is -2.15. The van der Waals surface area contributed by atoms with Crippen LogP contribution in [-0.2, 0) is 0 Å². The van der Waals surface area contributed by atoms with Crippen LogP contribution in [0.1, 0.15) is 28.5 Å². The van der Waals surface area contributed by atoms with Gasteiger partial charge in [-0.3, -0.25) is 4.79 Å². The topological polar surface area (TPSA) is 89.6 Å². The summed E-state index contributed by atoms with van der Waals surface area (Å²) in [5.41, 5.74) is 1.83. The van der Waals surface area contributed by atoms with Gasteiger partial charge in [-0.15, -0.1) is 0 Å². The summed E-state index contributed by atoms with van der Waals surface area (Å²) in [6, 6.07) is 14.7. The number of carbonyl (C=O) groups excluding carboxylic acids is 1. The Balaban J connectivity index is 2.31. The predicted octanol–water partition coefficient (Wildman–Crippen LogP) is 3.52. The van der Waals surface area contributed by atoms with Crippen molar-refractivity contribution in [3.63, 3.8) is 0 Å². The Morgan fingerprint density at radius 3 is 2.61 bits per heavy atom. The van der Waals surface area contributed by atoms with E-state index in [1.807, 2.05) is 24.3 Å². The highest BCUT2D eigenvalue weighted by atomic mass is 32.2. The van der Waals surface area contributed by atoms with Gasteiger partial charge in [-0.25, -0.2) is 4.98 Å². The largest absolute Gasteiger partial charge is 0.322 e. The van der Waals surface area contributed by atoms with Gasteiger partial charge >= 0.3 is 0 Å². The first kappa shape index (κ1) is 16.5. The summed E-state index contributed by atoms with van der Waals surface area (Å²) in [4.78, 5) is 16.7. The number of nitrogens with zero attached hydrogens (tertiary/aromatic N) is 3. The molecule has 0 aliphatic rings. The Morgan fingerprint density at radius 1 is 1.30 bits per heavy atom. The van der Waals surface area contributed by atoms with Crippen molar-refractivity contribution in [2.24, 2.45) is 0 Å². The molecule has 0 aliphatic carbocycles. The van der Waals surface area contributed by atoms with Crippen LogP contribution in [0.5, 0.6) is 0 Å². The first-order chi connectivity index (χ1) is 11.0. The molecule has 1 unspecified atom stereocenters. The number of rotatable bonds is 4. The maximum absolute atomic E-state index is 12.4. The minimum Gasteiger partial charge on any atom is -0.322 e. The highest BCUT2D eigenvalue weighted by Crippen LogP contribution is 2.26. The second-order valence-corrected chi connectivity index (χ2v) is 6.12. The predicted molar refractivity (Wildman–Crippen MR) is 89.0 cm³/mol. The number of anilines is 1. The number of nitriles is 2.